The van der Waals surface area contributed by atoms with Crippen molar-refractivity contribution >= 4 is 33.0 Å². The lowest BCUT2D eigenvalue weighted by molar-refractivity contribution is -0.921. The van der Waals surface area contributed by atoms with Crippen LogP contribution in [0.1, 0.15) is 5.56 Å². The number of halogens is 1. The molecule has 1 aliphatic heterocycles. The average Bonchev–Trinajstić information content (AvgIpc) is 2.76. The Bertz CT molecular complexity index is 519. The van der Waals surface area contributed by atoms with Crippen molar-refractivity contribution < 1.29 is 9.64 Å². The smallest absolute Gasteiger partial charge is 0.104 e. The van der Waals surface area contributed by atoms with Crippen molar-refractivity contribution in [2.75, 3.05) is 26.3 Å². The molecular weight excluding hydrogens is 254 g/mol. The van der Waals surface area contributed by atoms with E-state index in [1.54, 1.807) is 16.2 Å². The highest BCUT2D eigenvalue weighted by Crippen LogP contribution is 2.31. The Morgan fingerprint density at radius 1 is 1.29 bits per heavy atom. The van der Waals surface area contributed by atoms with Gasteiger partial charge in [-0.3, -0.25) is 0 Å². The van der Waals surface area contributed by atoms with Gasteiger partial charge in [0, 0.05) is 16.3 Å². The molecule has 0 atom stereocenters. The maximum absolute atomic E-state index is 6.20. The van der Waals surface area contributed by atoms with E-state index in [0.717, 1.165) is 37.9 Å². The molecule has 1 N–H and O–H groups in total. The standard InChI is InChI=1S/C13H14ClNOS/c14-12-3-1-2-11-10(9-17-13(11)12)8-15-4-6-16-7-5-15/h1-3,9H,4-8H2/p+1. The van der Waals surface area contributed by atoms with Gasteiger partial charge in [-0.05, 0) is 6.07 Å². The van der Waals surface area contributed by atoms with Crippen molar-refractivity contribution in [2.45, 2.75) is 6.54 Å². The highest BCUT2D eigenvalue weighted by Gasteiger charge is 2.16. The maximum atomic E-state index is 6.20. The topological polar surface area (TPSA) is 13.7 Å². The predicted octanol–water partition coefficient (Wildman–Crippen LogP) is 1.97. The normalized spacial score (nSPS) is 17.7. The van der Waals surface area contributed by atoms with Crippen molar-refractivity contribution in [3.05, 3.63) is 34.2 Å². The first-order valence-electron chi connectivity index (χ1n) is 5.90. The second-order valence-corrected chi connectivity index (χ2v) is 5.70. The summed E-state index contributed by atoms with van der Waals surface area (Å²) < 4.78 is 6.61. The van der Waals surface area contributed by atoms with Crippen LogP contribution in [0.25, 0.3) is 10.1 Å². The Kier molecular flexibility index (Phi) is 3.34. The highest BCUT2D eigenvalue weighted by atomic mass is 35.5. The zero-order chi connectivity index (χ0) is 11.7. The van der Waals surface area contributed by atoms with Crippen LogP contribution < -0.4 is 4.90 Å². The Hall–Kier alpha value is -0.610. The fourth-order valence-corrected chi connectivity index (χ4v) is 3.60. The zero-order valence-electron chi connectivity index (χ0n) is 9.54. The molecule has 1 aromatic carbocycles. The van der Waals surface area contributed by atoms with Gasteiger partial charge in [0.15, 0.2) is 0 Å². The van der Waals surface area contributed by atoms with Crippen molar-refractivity contribution in [2.24, 2.45) is 0 Å². The van der Waals surface area contributed by atoms with Crippen LogP contribution in [0.15, 0.2) is 23.6 Å². The highest BCUT2D eigenvalue weighted by molar-refractivity contribution is 7.18. The van der Waals surface area contributed by atoms with E-state index in [2.05, 4.69) is 11.4 Å². The predicted molar refractivity (Wildman–Crippen MR) is 72.1 cm³/mol. The third kappa shape index (κ3) is 2.33. The van der Waals surface area contributed by atoms with Crippen LogP contribution in [0.4, 0.5) is 0 Å². The summed E-state index contributed by atoms with van der Waals surface area (Å²) >= 11 is 7.95. The zero-order valence-corrected chi connectivity index (χ0v) is 11.1. The SMILES string of the molecule is Clc1cccc2c(C[NH+]3CCOCC3)csc12. The summed E-state index contributed by atoms with van der Waals surface area (Å²) in [7, 11) is 0. The number of ether oxygens (including phenoxy) is 1. The number of morpholine rings is 1. The van der Waals surface area contributed by atoms with Gasteiger partial charge >= 0.3 is 0 Å². The molecule has 1 fully saturated rings. The fraction of sp³-hybridized carbons (Fsp3) is 0.385. The maximum Gasteiger partial charge on any atom is 0.104 e. The van der Waals surface area contributed by atoms with Gasteiger partial charge in [0.1, 0.15) is 19.6 Å². The number of nitrogens with one attached hydrogen (secondary N) is 1. The third-order valence-corrected chi connectivity index (χ3v) is 4.78. The number of fused-ring (bicyclic) bond motifs is 1. The molecule has 0 spiro atoms. The van der Waals surface area contributed by atoms with Gasteiger partial charge in [-0.2, -0.15) is 0 Å². The summed E-state index contributed by atoms with van der Waals surface area (Å²) in [6, 6.07) is 6.17. The second kappa shape index (κ2) is 4.94. The van der Waals surface area contributed by atoms with Crippen molar-refractivity contribution in [3.8, 4) is 0 Å². The largest absolute Gasteiger partial charge is 0.370 e. The van der Waals surface area contributed by atoms with E-state index in [-0.39, 0.29) is 0 Å². The first kappa shape index (κ1) is 11.5. The van der Waals surface area contributed by atoms with Gasteiger partial charge in [-0.25, -0.2) is 0 Å². The number of quaternary nitrogens is 1. The molecule has 1 saturated heterocycles. The molecule has 0 radical (unpaired) electrons. The summed E-state index contributed by atoms with van der Waals surface area (Å²) in [5, 5.41) is 4.44. The second-order valence-electron chi connectivity index (χ2n) is 4.42. The molecule has 0 aliphatic carbocycles. The molecule has 0 amide bonds. The van der Waals surface area contributed by atoms with Gasteiger partial charge in [0.05, 0.1) is 22.9 Å². The molecule has 1 aliphatic rings. The van der Waals surface area contributed by atoms with E-state index in [9.17, 15) is 0 Å². The van der Waals surface area contributed by atoms with Crippen LogP contribution >= 0.6 is 22.9 Å². The molecule has 1 aromatic heterocycles. The first-order valence-corrected chi connectivity index (χ1v) is 7.16. The van der Waals surface area contributed by atoms with E-state index in [1.807, 2.05) is 12.1 Å². The van der Waals surface area contributed by atoms with Gasteiger partial charge in [-0.15, -0.1) is 11.3 Å². The van der Waals surface area contributed by atoms with Gasteiger partial charge < -0.3 is 9.64 Å². The van der Waals surface area contributed by atoms with Gasteiger partial charge in [0.2, 0.25) is 0 Å². The molecule has 17 heavy (non-hydrogen) atoms. The lowest BCUT2D eigenvalue weighted by Gasteiger charge is -2.23. The lowest BCUT2D eigenvalue weighted by atomic mass is 10.1. The van der Waals surface area contributed by atoms with E-state index in [1.165, 1.54) is 15.6 Å². The average molecular weight is 269 g/mol. The first-order chi connectivity index (χ1) is 8.34. The number of hydrogen-bond acceptors (Lipinski definition) is 2. The third-order valence-electron chi connectivity index (χ3n) is 3.27. The van der Waals surface area contributed by atoms with E-state index in [4.69, 9.17) is 16.3 Å². The van der Waals surface area contributed by atoms with Crippen molar-refractivity contribution in [1.82, 2.24) is 0 Å². The number of benzene rings is 1. The van der Waals surface area contributed by atoms with Gasteiger partial charge in [-0.1, -0.05) is 23.7 Å². The van der Waals surface area contributed by atoms with Crippen LogP contribution in [0.3, 0.4) is 0 Å². The van der Waals surface area contributed by atoms with Crippen LogP contribution in [0.5, 0.6) is 0 Å². The Morgan fingerprint density at radius 3 is 2.94 bits per heavy atom. The van der Waals surface area contributed by atoms with Gasteiger partial charge in [0.25, 0.3) is 0 Å². The van der Waals surface area contributed by atoms with E-state index in [0.29, 0.717) is 0 Å². The molecule has 0 saturated carbocycles. The summed E-state index contributed by atoms with van der Waals surface area (Å²) in [6.45, 7) is 5.08. The summed E-state index contributed by atoms with van der Waals surface area (Å²) in [5.41, 5.74) is 1.42. The minimum absolute atomic E-state index is 0.871. The van der Waals surface area contributed by atoms with Crippen LogP contribution in [0.2, 0.25) is 5.02 Å². The van der Waals surface area contributed by atoms with Crippen LogP contribution in [0, 0.1) is 0 Å². The molecule has 0 bridgehead atoms. The quantitative estimate of drug-likeness (QED) is 0.879. The summed E-state index contributed by atoms with van der Waals surface area (Å²) in [5.74, 6) is 0. The van der Waals surface area contributed by atoms with E-state index >= 15 is 0 Å². The molecule has 4 heteroatoms. The Morgan fingerprint density at radius 2 is 2.12 bits per heavy atom. The number of thiophene rings is 1. The molecule has 3 rings (SSSR count). The monoisotopic (exact) mass is 268 g/mol. The minimum Gasteiger partial charge on any atom is -0.370 e. The molecule has 2 aromatic rings. The van der Waals surface area contributed by atoms with E-state index < -0.39 is 0 Å². The minimum atomic E-state index is 0.871. The lowest BCUT2D eigenvalue weighted by Crippen LogP contribution is -3.12. The molecule has 2 heterocycles. The molecule has 2 nitrogen and oxygen atoms in total. The Balaban J connectivity index is 1.87. The Labute approximate surface area is 110 Å². The molecule has 0 unspecified atom stereocenters. The summed E-state index contributed by atoms with van der Waals surface area (Å²) in [4.78, 5) is 1.61. The van der Waals surface area contributed by atoms with Crippen LogP contribution in [-0.2, 0) is 11.3 Å². The van der Waals surface area contributed by atoms with Crippen molar-refractivity contribution in [1.29, 1.82) is 0 Å². The molecular formula is C13H15ClNOS+. The molecule has 90 valence electrons. The number of rotatable bonds is 2. The fourth-order valence-electron chi connectivity index (χ4n) is 2.32. The van der Waals surface area contributed by atoms with Crippen molar-refractivity contribution in [3.63, 3.8) is 0 Å². The number of hydrogen-bond donors (Lipinski definition) is 1. The summed E-state index contributed by atoms with van der Waals surface area (Å²) in [6.07, 6.45) is 0. The van der Waals surface area contributed by atoms with Crippen LogP contribution in [-0.4, -0.2) is 26.3 Å².